The second kappa shape index (κ2) is 10.7. The number of aromatic nitrogens is 1. The average Bonchev–Trinajstić information content (AvgIpc) is 3.32. The molecule has 0 radical (unpaired) electrons. The fourth-order valence-corrected chi connectivity index (χ4v) is 4.79. The van der Waals surface area contributed by atoms with Crippen molar-refractivity contribution in [1.29, 1.82) is 0 Å². The summed E-state index contributed by atoms with van der Waals surface area (Å²) in [6, 6.07) is 19.0. The number of hydrogen-bond acceptors (Lipinski definition) is 5. The highest BCUT2D eigenvalue weighted by Crippen LogP contribution is 2.33. The van der Waals surface area contributed by atoms with E-state index >= 15 is 0 Å². The van der Waals surface area contributed by atoms with Crippen LogP contribution in [0.1, 0.15) is 39.8 Å². The van der Waals surface area contributed by atoms with Crippen molar-refractivity contribution in [3.05, 3.63) is 106 Å². The molecule has 1 amide bonds. The summed E-state index contributed by atoms with van der Waals surface area (Å²) < 4.78 is 12.0. The van der Waals surface area contributed by atoms with Crippen molar-refractivity contribution in [3.8, 4) is 5.69 Å². The van der Waals surface area contributed by atoms with E-state index in [2.05, 4.69) is 0 Å². The smallest absolute Gasteiger partial charge is 0.340 e. The predicted molar refractivity (Wildman–Crippen MR) is 141 cm³/mol. The molecule has 0 saturated heterocycles. The molecule has 0 bridgehead atoms. The number of ether oxygens (including phenoxy) is 2. The fourth-order valence-electron chi connectivity index (χ4n) is 4.79. The topological polar surface area (TPSA) is 77.8 Å². The Morgan fingerprint density at radius 3 is 2.22 bits per heavy atom. The Hall–Kier alpha value is -4.39. The quantitative estimate of drug-likeness (QED) is 0.346. The summed E-state index contributed by atoms with van der Waals surface area (Å²) in [7, 11) is 2.66. The molecule has 7 nitrogen and oxygen atoms in total. The summed E-state index contributed by atoms with van der Waals surface area (Å²) >= 11 is 0. The summed E-state index contributed by atoms with van der Waals surface area (Å²) in [5.74, 6) is -1.23. The molecule has 0 atom stereocenters. The van der Waals surface area contributed by atoms with Gasteiger partial charge in [0.1, 0.15) is 0 Å². The van der Waals surface area contributed by atoms with E-state index in [1.54, 1.807) is 30.0 Å². The van der Waals surface area contributed by atoms with Crippen LogP contribution in [0.5, 0.6) is 0 Å². The van der Waals surface area contributed by atoms with Gasteiger partial charge in [-0.2, -0.15) is 0 Å². The minimum Gasteiger partial charge on any atom is -0.465 e. The molecule has 0 saturated carbocycles. The lowest BCUT2D eigenvalue weighted by Gasteiger charge is -2.17. The van der Waals surface area contributed by atoms with Crippen molar-refractivity contribution in [2.45, 2.75) is 27.2 Å². The average molecular weight is 499 g/mol. The number of esters is 2. The molecule has 0 fully saturated rings. The Kier molecular flexibility index (Phi) is 7.43. The molecular formula is C30H30N2O5. The molecule has 3 aromatic rings. The van der Waals surface area contributed by atoms with Gasteiger partial charge < -0.3 is 18.9 Å². The van der Waals surface area contributed by atoms with Gasteiger partial charge in [-0.3, -0.25) is 4.79 Å². The van der Waals surface area contributed by atoms with Gasteiger partial charge in [0.05, 0.1) is 36.6 Å². The monoisotopic (exact) mass is 498 g/mol. The van der Waals surface area contributed by atoms with E-state index in [-0.39, 0.29) is 11.5 Å². The normalized spacial score (nSPS) is 14.5. The summed E-state index contributed by atoms with van der Waals surface area (Å²) in [6.07, 6.45) is 2.39. The van der Waals surface area contributed by atoms with Crippen LogP contribution in [0.3, 0.4) is 0 Å². The molecule has 2 heterocycles. The number of methoxy groups -OCH3 is 2. The number of amides is 1. The van der Waals surface area contributed by atoms with Crippen LogP contribution in [0.25, 0.3) is 11.8 Å². The second-order valence-corrected chi connectivity index (χ2v) is 8.87. The molecule has 4 rings (SSSR count). The summed E-state index contributed by atoms with van der Waals surface area (Å²) in [5.41, 5.74) is 5.79. The zero-order valence-electron chi connectivity index (χ0n) is 21.7. The molecule has 190 valence electrons. The Morgan fingerprint density at radius 2 is 1.54 bits per heavy atom. The van der Waals surface area contributed by atoms with Gasteiger partial charge in [0.25, 0.3) is 5.91 Å². The molecule has 37 heavy (non-hydrogen) atoms. The van der Waals surface area contributed by atoms with Crippen LogP contribution >= 0.6 is 0 Å². The number of rotatable bonds is 7. The van der Waals surface area contributed by atoms with Gasteiger partial charge >= 0.3 is 11.9 Å². The zero-order chi connectivity index (χ0) is 26.7. The predicted octanol–water partition coefficient (Wildman–Crippen LogP) is 4.80. The van der Waals surface area contributed by atoms with Crippen LogP contribution in [-0.2, 0) is 25.5 Å². The molecule has 1 aliphatic rings. The van der Waals surface area contributed by atoms with E-state index in [9.17, 15) is 14.4 Å². The minimum absolute atomic E-state index is 0.242. The molecule has 0 N–H and O–H groups in total. The number of aryl methyl sites for hydroxylation is 1. The van der Waals surface area contributed by atoms with E-state index in [1.807, 2.05) is 66.9 Å². The number of benzene rings is 2. The van der Waals surface area contributed by atoms with Gasteiger partial charge in [-0.15, -0.1) is 0 Å². The summed E-state index contributed by atoms with van der Waals surface area (Å²) in [6.45, 7) is 6.05. The maximum atomic E-state index is 13.6. The minimum atomic E-state index is -0.552. The molecule has 7 heteroatoms. The lowest BCUT2D eigenvalue weighted by Crippen LogP contribution is -2.27. The van der Waals surface area contributed by atoms with Crippen LogP contribution in [0, 0.1) is 13.8 Å². The maximum absolute atomic E-state index is 13.6. The molecule has 1 aliphatic heterocycles. The number of carbonyl (C=O) groups is 3. The Bertz CT molecular complexity index is 1430. The third kappa shape index (κ3) is 4.85. The van der Waals surface area contributed by atoms with Gasteiger partial charge in [0.15, 0.2) is 0 Å². The molecular weight excluding hydrogens is 468 g/mol. The largest absolute Gasteiger partial charge is 0.465 e. The number of allylic oxidation sites excluding steroid dienone is 1. The maximum Gasteiger partial charge on any atom is 0.340 e. The van der Waals surface area contributed by atoms with Crippen LogP contribution in [0.15, 0.2) is 77.5 Å². The van der Waals surface area contributed by atoms with Gasteiger partial charge in [-0.1, -0.05) is 42.5 Å². The van der Waals surface area contributed by atoms with Crippen LogP contribution < -0.4 is 0 Å². The fraction of sp³-hybridized carbons (Fsp3) is 0.233. The Labute approximate surface area is 216 Å². The lowest BCUT2D eigenvalue weighted by atomic mass is 10.0. The molecule has 1 aromatic heterocycles. The van der Waals surface area contributed by atoms with Crippen LogP contribution in [-0.4, -0.2) is 48.1 Å². The first-order valence-electron chi connectivity index (χ1n) is 12.0. The van der Waals surface area contributed by atoms with Gasteiger partial charge in [-0.05, 0) is 62.6 Å². The Balaban J connectivity index is 1.76. The van der Waals surface area contributed by atoms with E-state index in [0.717, 1.165) is 22.5 Å². The number of carbonyl (C=O) groups excluding carboxylic acids is 3. The van der Waals surface area contributed by atoms with E-state index in [1.165, 1.54) is 14.2 Å². The first-order valence-corrected chi connectivity index (χ1v) is 12.0. The van der Waals surface area contributed by atoms with Crippen molar-refractivity contribution in [2.75, 3.05) is 20.8 Å². The lowest BCUT2D eigenvalue weighted by molar-refractivity contribution is -0.136. The zero-order valence-corrected chi connectivity index (χ0v) is 21.7. The third-order valence-corrected chi connectivity index (χ3v) is 6.69. The summed E-state index contributed by atoms with van der Waals surface area (Å²) in [5, 5.41) is 0. The van der Waals surface area contributed by atoms with Gasteiger partial charge in [0.2, 0.25) is 0 Å². The van der Waals surface area contributed by atoms with Crippen molar-refractivity contribution in [2.24, 2.45) is 0 Å². The number of para-hydroxylation sites is 1. The molecule has 2 aromatic carbocycles. The van der Waals surface area contributed by atoms with Gasteiger partial charge in [0, 0.05) is 23.6 Å². The van der Waals surface area contributed by atoms with E-state index in [0.29, 0.717) is 35.5 Å². The van der Waals surface area contributed by atoms with Crippen molar-refractivity contribution < 1.29 is 23.9 Å². The number of hydrogen-bond donors (Lipinski definition) is 0. The van der Waals surface area contributed by atoms with E-state index in [4.69, 9.17) is 9.47 Å². The first-order chi connectivity index (χ1) is 17.8. The van der Waals surface area contributed by atoms with Crippen LogP contribution in [0.4, 0.5) is 0 Å². The highest BCUT2D eigenvalue weighted by atomic mass is 16.5. The first kappa shape index (κ1) is 25.7. The molecule has 0 unspecified atom stereocenters. The standard InChI is InChI=1S/C30H30N2O5/c1-19-17-23(20(2)32(19)26-14-10-9-13-24(26)29(34)36-4)18-25-27(30(35)37-5)21(3)31(28(25)33)16-15-22-11-7-6-8-12-22/h6-14,17-18H,15-16H2,1-5H3. The molecule has 0 aliphatic carbocycles. The Morgan fingerprint density at radius 1 is 0.892 bits per heavy atom. The SMILES string of the molecule is COC(=O)C1=C(C)N(CCc2ccccc2)C(=O)C1=Cc1cc(C)n(-c2ccccc2C(=O)OC)c1C. The highest BCUT2D eigenvalue weighted by molar-refractivity contribution is 6.16. The van der Waals surface area contributed by atoms with Crippen LogP contribution in [0.2, 0.25) is 0 Å². The summed E-state index contributed by atoms with van der Waals surface area (Å²) in [4.78, 5) is 40.4. The van der Waals surface area contributed by atoms with Crippen molar-refractivity contribution in [1.82, 2.24) is 9.47 Å². The third-order valence-electron chi connectivity index (χ3n) is 6.69. The highest BCUT2D eigenvalue weighted by Gasteiger charge is 2.37. The van der Waals surface area contributed by atoms with Crippen molar-refractivity contribution >= 4 is 23.9 Å². The number of nitrogens with zero attached hydrogens (tertiary/aromatic N) is 2. The van der Waals surface area contributed by atoms with Crippen molar-refractivity contribution in [3.63, 3.8) is 0 Å². The van der Waals surface area contributed by atoms with E-state index < -0.39 is 11.9 Å². The molecule has 0 spiro atoms. The second-order valence-electron chi connectivity index (χ2n) is 8.87. The van der Waals surface area contributed by atoms with Gasteiger partial charge in [-0.25, -0.2) is 9.59 Å².